The van der Waals surface area contributed by atoms with Gasteiger partial charge in [0.25, 0.3) is 11.3 Å². The molecule has 4 heterocycles. The number of ether oxygens (including phenoxy) is 4. The fraction of sp³-hybridized carbons (Fsp3) is 0.524. The minimum Gasteiger partial charge on any atom is -0.463 e. The number of fused-ring (bicyclic) bond motifs is 1. The summed E-state index contributed by atoms with van der Waals surface area (Å²) in [6, 6.07) is 5.94. The van der Waals surface area contributed by atoms with Crippen molar-refractivity contribution in [2.24, 2.45) is 0 Å². The van der Waals surface area contributed by atoms with Crippen molar-refractivity contribution in [2.75, 3.05) is 33.5 Å². The summed E-state index contributed by atoms with van der Waals surface area (Å²) in [4.78, 5) is 59.9. The van der Waals surface area contributed by atoms with Crippen LogP contribution < -0.4 is 0 Å². The largest absolute Gasteiger partial charge is 0.463 e. The van der Waals surface area contributed by atoms with Gasteiger partial charge in [-0.15, -0.1) is 0 Å². The SMILES string of the molecule is CCOC(=O)C12N3COCOCN1C(=O)N1Cc4ccccc4CN(C3=O)C12C(=O)OCC. The van der Waals surface area contributed by atoms with Gasteiger partial charge >= 0.3 is 24.0 Å². The van der Waals surface area contributed by atoms with Crippen molar-refractivity contribution in [1.82, 2.24) is 19.6 Å². The molecule has 4 aliphatic heterocycles. The summed E-state index contributed by atoms with van der Waals surface area (Å²) in [6.07, 6.45) is 0. The lowest BCUT2D eigenvalue weighted by Gasteiger charge is -2.44. The molecule has 0 saturated carbocycles. The van der Waals surface area contributed by atoms with Crippen molar-refractivity contribution in [1.29, 1.82) is 0 Å². The van der Waals surface area contributed by atoms with Crippen LogP contribution in [-0.4, -0.2) is 88.4 Å². The molecule has 12 nitrogen and oxygen atoms in total. The molecule has 4 amide bonds. The molecular formula is C21H24N4O8. The summed E-state index contributed by atoms with van der Waals surface area (Å²) >= 11 is 0. The number of carbonyl (C=O) groups excluding carboxylic acids is 4. The lowest BCUT2D eigenvalue weighted by molar-refractivity contribution is -0.216. The zero-order valence-electron chi connectivity index (χ0n) is 18.3. The molecule has 4 aliphatic rings. The van der Waals surface area contributed by atoms with Gasteiger partial charge in [0.05, 0.1) is 26.3 Å². The molecule has 12 heteroatoms. The lowest BCUT2D eigenvalue weighted by Crippen LogP contribution is -2.76. The summed E-state index contributed by atoms with van der Waals surface area (Å²) < 4.78 is 21.7. The van der Waals surface area contributed by atoms with E-state index in [1.165, 1.54) is 9.80 Å². The van der Waals surface area contributed by atoms with Crippen molar-refractivity contribution in [3.63, 3.8) is 0 Å². The van der Waals surface area contributed by atoms with E-state index in [1.807, 2.05) is 24.3 Å². The maximum Gasteiger partial charge on any atom is 0.359 e. The molecule has 0 aliphatic carbocycles. The average molecular weight is 460 g/mol. The van der Waals surface area contributed by atoms with Crippen LogP contribution >= 0.6 is 0 Å². The fourth-order valence-corrected chi connectivity index (χ4v) is 5.26. The van der Waals surface area contributed by atoms with E-state index >= 15 is 0 Å². The predicted molar refractivity (Wildman–Crippen MR) is 107 cm³/mol. The van der Waals surface area contributed by atoms with Gasteiger partial charge in [0, 0.05) is 0 Å². The zero-order valence-corrected chi connectivity index (χ0v) is 18.3. The first-order valence-electron chi connectivity index (χ1n) is 10.7. The van der Waals surface area contributed by atoms with Gasteiger partial charge in [-0.25, -0.2) is 19.2 Å². The van der Waals surface area contributed by atoms with E-state index in [4.69, 9.17) is 18.9 Å². The van der Waals surface area contributed by atoms with Crippen LogP contribution in [0.5, 0.6) is 0 Å². The molecule has 0 spiro atoms. The minimum absolute atomic E-state index is 0.0239. The number of hydrogen-bond donors (Lipinski definition) is 0. The van der Waals surface area contributed by atoms with E-state index in [2.05, 4.69) is 0 Å². The Kier molecular flexibility index (Phi) is 4.94. The highest BCUT2D eigenvalue weighted by atomic mass is 16.7. The van der Waals surface area contributed by atoms with Gasteiger partial charge in [-0.05, 0) is 25.0 Å². The zero-order chi connectivity index (χ0) is 23.4. The Balaban J connectivity index is 1.85. The standard InChI is InChI=1S/C21H24N4O8/c1-3-32-16(26)20-21(17(27)33-4-2)24-11-30-13-31-12-25(21)19(29)23(20)10-15-8-6-5-7-14(15)9-22(20)18(24)28/h5-8H,3-4,9-13H2,1-2H3. The minimum atomic E-state index is -2.20. The van der Waals surface area contributed by atoms with E-state index in [-0.39, 0.29) is 33.1 Å². The van der Waals surface area contributed by atoms with E-state index in [9.17, 15) is 19.2 Å². The number of benzene rings is 1. The topological polar surface area (TPSA) is 118 Å². The molecule has 3 saturated heterocycles. The van der Waals surface area contributed by atoms with Gasteiger partial charge in [0.2, 0.25) is 0 Å². The third-order valence-corrected chi connectivity index (χ3v) is 6.48. The molecule has 5 rings (SSSR count). The predicted octanol–water partition coefficient (Wildman–Crippen LogP) is 0.613. The number of urea groups is 2. The van der Waals surface area contributed by atoms with Crippen molar-refractivity contribution >= 4 is 24.0 Å². The maximum atomic E-state index is 13.9. The highest BCUT2D eigenvalue weighted by Crippen LogP contribution is 2.55. The van der Waals surface area contributed by atoms with Crippen molar-refractivity contribution in [2.45, 2.75) is 38.3 Å². The number of esters is 2. The van der Waals surface area contributed by atoms with Gasteiger partial charge in [0.1, 0.15) is 13.5 Å². The highest BCUT2D eigenvalue weighted by Gasteiger charge is 2.87. The van der Waals surface area contributed by atoms with Gasteiger partial charge in [-0.3, -0.25) is 19.6 Å². The molecule has 0 atom stereocenters. The first kappa shape index (κ1) is 21.5. The normalized spacial score (nSPS) is 28.1. The molecule has 0 aromatic heterocycles. The Bertz CT molecular complexity index is 974. The van der Waals surface area contributed by atoms with Crippen LogP contribution in [0.25, 0.3) is 0 Å². The third-order valence-electron chi connectivity index (χ3n) is 6.48. The van der Waals surface area contributed by atoms with Crippen LogP contribution in [0.2, 0.25) is 0 Å². The Hall–Kier alpha value is -3.38. The average Bonchev–Trinajstić information content (AvgIpc) is 3.02. The Labute approximate surface area is 189 Å². The Morgan fingerprint density at radius 3 is 1.67 bits per heavy atom. The molecule has 33 heavy (non-hydrogen) atoms. The molecule has 0 N–H and O–H groups in total. The van der Waals surface area contributed by atoms with Crippen molar-refractivity contribution in [3.8, 4) is 0 Å². The van der Waals surface area contributed by atoms with Crippen LogP contribution in [0, 0.1) is 0 Å². The van der Waals surface area contributed by atoms with Crippen LogP contribution in [-0.2, 0) is 41.6 Å². The van der Waals surface area contributed by atoms with Gasteiger partial charge in [-0.1, -0.05) is 24.3 Å². The van der Waals surface area contributed by atoms with Crippen LogP contribution in [0.15, 0.2) is 24.3 Å². The summed E-state index contributed by atoms with van der Waals surface area (Å²) in [5.74, 6) is -1.84. The smallest absolute Gasteiger partial charge is 0.359 e. The molecular weight excluding hydrogens is 436 g/mol. The van der Waals surface area contributed by atoms with E-state index in [1.54, 1.807) is 13.8 Å². The summed E-state index contributed by atoms with van der Waals surface area (Å²) in [5.41, 5.74) is -2.86. The second-order valence-electron chi connectivity index (χ2n) is 7.93. The van der Waals surface area contributed by atoms with Gasteiger partial charge in [-0.2, -0.15) is 0 Å². The molecule has 3 fully saturated rings. The number of rotatable bonds is 4. The number of hydrogen-bond acceptors (Lipinski definition) is 8. The monoisotopic (exact) mass is 460 g/mol. The molecule has 176 valence electrons. The van der Waals surface area contributed by atoms with E-state index in [0.29, 0.717) is 0 Å². The molecule has 0 bridgehead atoms. The van der Waals surface area contributed by atoms with E-state index < -0.39 is 48.8 Å². The highest BCUT2D eigenvalue weighted by molar-refractivity contribution is 6.09. The first-order valence-corrected chi connectivity index (χ1v) is 10.7. The number of nitrogens with zero attached hydrogens (tertiary/aromatic N) is 4. The van der Waals surface area contributed by atoms with Crippen LogP contribution in [0.4, 0.5) is 9.59 Å². The van der Waals surface area contributed by atoms with Crippen LogP contribution in [0.1, 0.15) is 25.0 Å². The lowest BCUT2D eigenvalue weighted by atomic mass is 9.91. The van der Waals surface area contributed by atoms with Crippen molar-refractivity contribution < 1.29 is 38.1 Å². The quantitative estimate of drug-likeness (QED) is 0.600. The first-order chi connectivity index (χ1) is 16.0. The second kappa shape index (κ2) is 7.59. The Morgan fingerprint density at radius 1 is 0.818 bits per heavy atom. The van der Waals surface area contributed by atoms with Crippen molar-refractivity contribution in [3.05, 3.63) is 35.4 Å². The van der Waals surface area contributed by atoms with Gasteiger partial charge in [0.15, 0.2) is 6.79 Å². The van der Waals surface area contributed by atoms with E-state index in [0.717, 1.165) is 20.9 Å². The Morgan fingerprint density at radius 2 is 1.24 bits per heavy atom. The number of amides is 4. The van der Waals surface area contributed by atoms with Crippen LogP contribution in [0.3, 0.4) is 0 Å². The molecule has 1 aromatic carbocycles. The summed E-state index contributed by atoms with van der Waals surface area (Å²) in [7, 11) is 0. The molecule has 0 radical (unpaired) electrons. The second-order valence-corrected chi connectivity index (χ2v) is 7.93. The maximum absolute atomic E-state index is 13.9. The third kappa shape index (κ3) is 2.47. The summed E-state index contributed by atoms with van der Waals surface area (Å²) in [5, 5.41) is 0. The molecule has 1 aromatic rings. The van der Waals surface area contributed by atoms with Gasteiger partial charge < -0.3 is 18.9 Å². The summed E-state index contributed by atoms with van der Waals surface area (Å²) in [6.45, 7) is 2.11. The molecule has 0 unspecified atom stereocenters. The number of carbonyl (C=O) groups is 4. The fourth-order valence-electron chi connectivity index (χ4n) is 5.26.